The third-order valence-corrected chi connectivity index (χ3v) is 4.74. The number of ketones is 1. The van der Waals surface area contributed by atoms with E-state index in [0.29, 0.717) is 10.6 Å². The lowest BCUT2D eigenvalue weighted by molar-refractivity contribution is 0.0939. The van der Waals surface area contributed by atoms with E-state index in [-0.39, 0.29) is 18.3 Å². The van der Waals surface area contributed by atoms with E-state index in [9.17, 15) is 4.79 Å². The van der Waals surface area contributed by atoms with E-state index < -0.39 is 0 Å². The standard InChI is InChI=1S/C23H17ClO2/c24-19-12-10-17(11-13-19)21(25)15-23-20(16-6-2-1-3-7-16)14-18-8-4-5-9-22(18)26-23/h1-14,23H,15H2. The molecule has 0 saturated heterocycles. The van der Waals surface area contributed by atoms with E-state index in [0.717, 1.165) is 22.4 Å². The van der Waals surface area contributed by atoms with Gasteiger partial charge in [-0.15, -0.1) is 0 Å². The number of carbonyl (C=O) groups excluding carboxylic acids is 1. The summed E-state index contributed by atoms with van der Waals surface area (Å²) in [6, 6.07) is 24.9. The van der Waals surface area contributed by atoms with Crippen molar-refractivity contribution in [1.29, 1.82) is 0 Å². The average molecular weight is 361 g/mol. The van der Waals surface area contributed by atoms with Gasteiger partial charge >= 0.3 is 0 Å². The summed E-state index contributed by atoms with van der Waals surface area (Å²) in [6.07, 6.45) is 2.07. The number of Topliss-reactive ketones (excluding diaryl/α,β-unsaturated/α-hetero) is 1. The number of ether oxygens (including phenoxy) is 1. The maximum Gasteiger partial charge on any atom is 0.166 e. The van der Waals surface area contributed by atoms with Gasteiger partial charge in [0.25, 0.3) is 0 Å². The van der Waals surface area contributed by atoms with Crippen molar-refractivity contribution in [2.24, 2.45) is 0 Å². The second-order valence-electron chi connectivity index (χ2n) is 6.24. The normalized spacial score (nSPS) is 15.6. The topological polar surface area (TPSA) is 26.3 Å². The first-order chi connectivity index (χ1) is 12.7. The van der Waals surface area contributed by atoms with Gasteiger partial charge in [0.2, 0.25) is 0 Å². The van der Waals surface area contributed by atoms with Crippen LogP contribution in [0, 0.1) is 0 Å². The zero-order valence-electron chi connectivity index (χ0n) is 14.1. The summed E-state index contributed by atoms with van der Waals surface area (Å²) in [5.74, 6) is 0.842. The minimum Gasteiger partial charge on any atom is -0.485 e. The van der Waals surface area contributed by atoms with Crippen LogP contribution in [-0.4, -0.2) is 11.9 Å². The van der Waals surface area contributed by atoms with E-state index in [2.05, 4.69) is 6.08 Å². The van der Waals surface area contributed by atoms with Crippen LogP contribution in [0.25, 0.3) is 11.6 Å². The van der Waals surface area contributed by atoms with Gasteiger partial charge in [-0.1, -0.05) is 60.1 Å². The van der Waals surface area contributed by atoms with Crippen molar-refractivity contribution in [3.8, 4) is 5.75 Å². The Bertz CT molecular complexity index is 959. The molecule has 0 aromatic heterocycles. The average Bonchev–Trinajstić information content (AvgIpc) is 2.68. The Labute approximate surface area is 157 Å². The Morgan fingerprint density at radius 2 is 1.58 bits per heavy atom. The fraction of sp³-hybridized carbons (Fsp3) is 0.0870. The van der Waals surface area contributed by atoms with Crippen molar-refractivity contribution in [2.45, 2.75) is 12.5 Å². The number of rotatable bonds is 4. The molecule has 128 valence electrons. The minimum atomic E-state index is -0.324. The summed E-state index contributed by atoms with van der Waals surface area (Å²) in [5.41, 5.74) is 3.76. The van der Waals surface area contributed by atoms with Gasteiger partial charge in [-0.05, 0) is 42.0 Å². The van der Waals surface area contributed by atoms with Crippen molar-refractivity contribution in [2.75, 3.05) is 0 Å². The first-order valence-corrected chi connectivity index (χ1v) is 8.90. The van der Waals surface area contributed by atoms with Crippen LogP contribution in [0.15, 0.2) is 78.9 Å². The SMILES string of the molecule is O=C(CC1Oc2ccccc2C=C1c1ccccc1)c1ccc(Cl)cc1. The molecule has 3 heteroatoms. The van der Waals surface area contributed by atoms with Crippen molar-refractivity contribution in [1.82, 2.24) is 0 Å². The molecule has 0 N–H and O–H groups in total. The van der Waals surface area contributed by atoms with E-state index in [4.69, 9.17) is 16.3 Å². The highest BCUT2D eigenvalue weighted by molar-refractivity contribution is 6.30. The first-order valence-electron chi connectivity index (χ1n) is 8.52. The molecular formula is C23H17ClO2. The number of fused-ring (bicyclic) bond motifs is 1. The molecule has 1 aliphatic rings. The van der Waals surface area contributed by atoms with Crippen molar-refractivity contribution >= 4 is 29.0 Å². The fourth-order valence-electron chi connectivity index (χ4n) is 3.16. The molecule has 3 aromatic carbocycles. The van der Waals surface area contributed by atoms with Gasteiger partial charge in [0.15, 0.2) is 5.78 Å². The van der Waals surface area contributed by atoms with E-state index >= 15 is 0 Å². The zero-order chi connectivity index (χ0) is 17.9. The lowest BCUT2D eigenvalue weighted by Crippen LogP contribution is -2.25. The number of halogens is 1. The predicted molar refractivity (Wildman–Crippen MR) is 106 cm³/mol. The monoisotopic (exact) mass is 360 g/mol. The van der Waals surface area contributed by atoms with Gasteiger partial charge in [-0.2, -0.15) is 0 Å². The lowest BCUT2D eigenvalue weighted by atomic mass is 9.91. The second kappa shape index (κ2) is 7.19. The fourth-order valence-corrected chi connectivity index (χ4v) is 3.28. The third-order valence-electron chi connectivity index (χ3n) is 4.49. The molecule has 2 nitrogen and oxygen atoms in total. The Hall–Kier alpha value is -2.84. The van der Waals surface area contributed by atoms with Gasteiger partial charge in [-0.3, -0.25) is 4.79 Å². The molecule has 4 rings (SSSR count). The lowest BCUT2D eigenvalue weighted by Gasteiger charge is -2.27. The van der Waals surface area contributed by atoms with Crippen molar-refractivity contribution in [3.05, 3.63) is 101 Å². The van der Waals surface area contributed by atoms with Gasteiger partial charge in [-0.25, -0.2) is 0 Å². The number of benzene rings is 3. The van der Waals surface area contributed by atoms with Crippen LogP contribution in [-0.2, 0) is 0 Å². The molecule has 0 radical (unpaired) electrons. The number of para-hydroxylation sites is 1. The number of carbonyl (C=O) groups is 1. The number of hydrogen-bond donors (Lipinski definition) is 0. The predicted octanol–water partition coefficient (Wildman–Crippen LogP) is 5.91. The van der Waals surface area contributed by atoms with Crippen LogP contribution in [0.3, 0.4) is 0 Å². The zero-order valence-corrected chi connectivity index (χ0v) is 14.8. The molecule has 1 heterocycles. The summed E-state index contributed by atoms with van der Waals surface area (Å²) in [7, 11) is 0. The molecule has 0 saturated carbocycles. The maximum atomic E-state index is 12.8. The summed E-state index contributed by atoms with van der Waals surface area (Å²) >= 11 is 5.92. The van der Waals surface area contributed by atoms with Gasteiger partial charge < -0.3 is 4.74 Å². The van der Waals surface area contributed by atoms with Crippen LogP contribution in [0.5, 0.6) is 5.75 Å². The molecule has 26 heavy (non-hydrogen) atoms. The molecule has 0 aliphatic carbocycles. The minimum absolute atomic E-state index is 0.0351. The molecule has 3 aromatic rings. The number of hydrogen-bond acceptors (Lipinski definition) is 2. The summed E-state index contributed by atoms with van der Waals surface area (Å²) < 4.78 is 6.20. The molecule has 1 unspecified atom stereocenters. The molecule has 0 bridgehead atoms. The second-order valence-corrected chi connectivity index (χ2v) is 6.68. The van der Waals surface area contributed by atoms with Crippen molar-refractivity contribution < 1.29 is 9.53 Å². The maximum absolute atomic E-state index is 12.8. The highest BCUT2D eigenvalue weighted by Crippen LogP contribution is 2.36. The largest absolute Gasteiger partial charge is 0.485 e. The molecule has 1 aliphatic heterocycles. The van der Waals surface area contributed by atoms with E-state index in [1.165, 1.54) is 0 Å². The Balaban J connectivity index is 1.67. The Kier molecular flexibility index (Phi) is 4.59. The summed E-state index contributed by atoms with van der Waals surface area (Å²) in [5, 5.41) is 0.620. The van der Waals surface area contributed by atoms with Crippen LogP contribution in [0.1, 0.15) is 27.9 Å². The Morgan fingerprint density at radius 1 is 0.885 bits per heavy atom. The van der Waals surface area contributed by atoms with Crippen LogP contribution in [0.2, 0.25) is 5.02 Å². The van der Waals surface area contributed by atoms with Gasteiger partial charge in [0.1, 0.15) is 11.9 Å². The summed E-state index contributed by atoms with van der Waals surface area (Å²) in [4.78, 5) is 12.8. The van der Waals surface area contributed by atoms with Crippen molar-refractivity contribution in [3.63, 3.8) is 0 Å². The highest BCUT2D eigenvalue weighted by atomic mass is 35.5. The smallest absolute Gasteiger partial charge is 0.166 e. The Morgan fingerprint density at radius 3 is 2.35 bits per heavy atom. The van der Waals surface area contributed by atoms with Crippen LogP contribution >= 0.6 is 11.6 Å². The molecule has 1 atom stereocenters. The molecular weight excluding hydrogens is 344 g/mol. The highest BCUT2D eigenvalue weighted by Gasteiger charge is 2.26. The summed E-state index contributed by atoms with van der Waals surface area (Å²) in [6.45, 7) is 0. The first kappa shape index (κ1) is 16.6. The third kappa shape index (κ3) is 3.42. The van der Waals surface area contributed by atoms with Crippen LogP contribution < -0.4 is 4.74 Å². The quantitative estimate of drug-likeness (QED) is 0.540. The molecule has 0 amide bonds. The van der Waals surface area contributed by atoms with E-state index in [1.807, 2.05) is 54.6 Å². The van der Waals surface area contributed by atoms with Gasteiger partial charge in [0, 0.05) is 21.7 Å². The van der Waals surface area contributed by atoms with Gasteiger partial charge in [0.05, 0.1) is 6.42 Å². The molecule has 0 spiro atoms. The van der Waals surface area contributed by atoms with Crippen LogP contribution in [0.4, 0.5) is 0 Å². The molecule has 0 fully saturated rings. The van der Waals surface area contributed by atoms with E-state index in [1.54, 1.807) is 24.3 Å².